The van der Waals surface area contributed by atoms with Crippen LogP contribution >= 0.6 is 0 Å². The normalized spacial score (nSPS) is 10.8. The SMILES string of the molecule is CCc1n([O])c2ccccc2[n+]1[O-]. The second kappa shape index (κ2) is 2.65. The zero-order valence-electron chi connectivity index (χ0n) is 7.23. The molecule has 67 valence electrons. The molecule has 0 bridgehead atoms. The van der Waals surface area contributed by atoms with E-state index in [-0.39, 0.29) is 5.82 Å². The van der Waals surface area contributed by atoms with E-state index in [1.807, 2.05) is 0 Å². The van der Waals surface area contributed by atoms with Crippen molar-refractivity contribution in [3.05, 3.63) is 35.3 Å². The Morgan fingerprint density at radius 3 is 2.77 bits per heavy atom. The lowest BCUT2D eigenvalue weighted by atomic mass is 10.3. The molecule has 0 aliphatic carbocycles. The third kappa shape index (κ3) is 0.950. The predicted octanol–water partition coefficient (Wildman–Crippen LogP) is 1.03. The number of para-hydroxylation sites is 2. The fourth-order valence-corrected chi connectivity index (χ4v) is 1.46. The molecule has 1 radical (unpaired) electrons. The Labute approximate surface area is 75.2 Å². The Kier molecular flexibility index (Phi) is 1.62. The molecule has 0 amide bonds. The van der Waals surface area contributed by atoms with E-state index in [1.165, 1.54) is 0 Å². The van der Waals surface area contributed by atoms with Gasteiger partial charge in [-0.1, -0.05) is 24.3 Å². The summed E-state index contributed by atoms with van der Waals surface area (Å²) in [7, 11) is 0. The van der Waals surface area contributed by atoms with Gasteiger partial charge in [0.2, 0.25) is 5.52 Å². The lowest BCUT2D eigenvalue weighted by Gasteiger charge is -1.98. The van der Waals surface area contributed by atoms with Crippen molar-refractivity contribution in [2.75, 3.05) is 0 Å². The molecule has 1 aromatic carbocycles. The van der Waals surface area contributed by atoms with E-state index >= 15 is 0 Å². The zero-order chi connectivity index (χ0) is 9.42. The number of nitrogens with zero attached hydrogens (tertiary/aromatic N) is 2. The summed E-state index contributed by atoms with van der Waals surface area (Å²) in [6, 6.07) is 6.79. The van der Waals surface area contributed by atoms with Gasteiger partial charge in [0.1, 0.15) is 0 Å². The van der Waals surface area contributed by atoms with Crippen LogP contribution in [0.4, 0.5) is 0 Å². The van der Waals surface area contributed by atoms with Gasteiger partial charge in [0.05, 0.1) is 6.42 Å². The maximum Gasteiger partial charge on any atom is 0.305 e. The number of hydrogen-bond acceptors (Lipinski definition) is 1. The lowest BCUT2D eigenvalue weighted by molar-refractivity contribution is -0.589. The Hall–Kier alpha value is -1.71. The first kappa shape index (κ1) is 7.91. The van der Waals surface area contributed by atoms with Crippen LogP contribution in [-0.4, -0.2) is 4.73 Å². The minimum absolute atomic E-state index is 0.251. The number of benzene rings is 1. The quantitative estimate of drug-likeness (QED) is 0.474. The second-order valence-electron chi connectivity index (χ2n) is 2.85. The second-order valence-corrected chi connectivity index (χ2v) is 2.85. The zero-order valence-corrected chi connectivity index (χ0v) is 7.23. The van der Waals surface area contributed by atoms with Crippen molar-refractivity contribution in [1.29, 1.82) is 0 Å². The standard InChI is InChI=1S/C9H9N2O2/c1-2-9-10(12)7-5-3-4-6-8(7)11(9)13/h3-6H,2H2,1H3. The molecule has 13 heavy (non-hydrogen) atoms. The molecule has 2 rings (SSSR count). The van der Waals surface area contributed by atoms with Gasteiger partial charge in [0.25, 0.3) is 0 Å². The van der Waals surface area contributed by atoms with Crippen molar-refractivity contribution in [3.8, 4) is 0 Å². The van der Waals surface area contributed by atoms with Gasteiger partial charge < -0.3 is 5.21 Å². The Bertz CT molecular complexity index is 409. The summed E-state index contributed by atoms with van der Waals surface area (Å²) in [5.41, 5.74) is 0.878. The van der Waals surface area contributed by atoms with Crippen LogP contribution in [-0.2, 0) is 11.6 Å². The molecular formula is C9H9N2O2. The number of fused-ring (bicyclic) bond motifs is 1. The van der Waals surface area contributed by atoms with E-state index in [9.17, 15) is 10.4 Å². The average Bonchev–Trinajstić information content (AvgIpc) is 2.41. The van der Waals surface area contributed by atoms with E-state index in [0.29, 0.717) is 26.9 Å². The lowest BCUT2D eigenvalue weighted by Crippen LogP contribution is -2.30. The van der Waals surface area contributed by atoms with Crippen LogP contribution in [0.2, 0.25) is 0 Å². The van der Waals surface area contributed by atoms with Crippen LogP contribution < -0.4 is 4.73 Å². The molecule has 0 atom stereocenters. The predicted molar refractivity (Wildman–Crippen MR) is 46.4 cm³/mol. The van der Waals surface area contributed by atoms with Crippen LogP contribution in [0.5, 0.6) is 0 Å². The summed E-state index contributed by atoms with van der Waals surface area (Å²) in [4.78, 5) is 0. The van der Waals surface area contributed by atoms with Crippen molar-refractivity contribution >= 4 is 11.0 Å². The van der Waals surface area contributed by atoms with Gasteiger partial charge in [0.15, 0.2) is 5.52 Å². The maximum absolute atomic E-state index is 11.5. The average molecular weight is 177 g/mol. The number of imidazole rings is 1. The topological polar surface area (TPSA) is 51.8 Å². The first-order valence-electron chi connectivity index (χ1n) is 4.15. The maximum atomic E-state index is 11.5. The molecule has 0 fully saturated rings. The fourth-order valence-electron chi connectivity index (χ4n) is 1.46. The van der Waals surface area contributed by atoms with Gasteiger partial charge in [-0.2, -0.15) is 0 Å². The summed E-state index contributed by atoms with van der Waals surface area (Å²) < 4.78 is 1.39. The van der Waals surface area contributed by atoms with Gasteiger partial charge in [-0.15, -0.1) is 0 Å². The van der Waals surface area contributed by atoms with Crippen LogP contribution in [0, 0.1) is 5.21 Å². The van der Waals surface area contributed by atoms with Crippen LogP contribution in [0.15, 0.2) is 24.3 Å². The van der Waals surface area contributed by atoms with Crippen molar-refractivity contribution in [2.24, 2.45) is 0 Å². The van der Waals surface area contributed by atoms with Gasteiger partial charge in [-0.05, 0) is 12.1 Å². The largest absolute Gasteiger partial charge is 0.710 e. The molecule has 1 heterocycles. The van der Waals surface area contributed by atoms with Crippen molar-refractivity contribution in [2.45, 2.75) is 13.3 Å². The summed E-state index contributed by atoms with van der Waals surface area (Å²) >= 11 is 0. The molecule has 0 saturated heterocycles. The van der Waals surface area contributed by atoms with Gasteiger partial charge >= 0.3 is 5.82 Å². The highest BCUT2D eigenvalue weighted by atomic mass is 16.5. The molecule has 0 aliphatic heterocycles. The van der Waals surface area contributed by atoms with Crippen molar-refractivity contribution in [3.63, 3.8) is 0 Å². The number of aromatic nitrogens is 2. The minimum Gasteiger partial charge on any atom is -0.710 e. The minimum atomic E-state index is 0.251. The monoisotopic (exact) mass is 177 g/mol. The Morgan fingerprint density at radius 1 is 1.46 bits per heavy atom. The highest BCUT2D eigenvalue weighted by Crippen LogP contribution is 2.12. The molecule has 4 heteroatoms. The van der Waals surface area contributed by atoms with Crippen LogP contribution in [0.1, 0.15) is 12.7 Å². The van der Waals surface area contributed by atoms with Gasteiger partial charge in [0, 0.05) is 4.73 Å². The van der Waals surface area contributed by atoms with Crippen LogP contribution in [0.3, 0.4) is 0 Å². The van der Waals surface area contributed by atoms with Gasteiger partial charge in [-0.25, -0.2) is 4.73 Å². The molecule has 0 N–H and O–H groups in total. The Morgan fingerprint density at radius 2 is 2.15 bits per heavy atom. The highest BCUT2D eigenvalue weighted by molar-refractivity contribution is 5.71. The molecule has 2 aromatic rings. The molecular weight excluding hydrogens is 168 g/mol. The first-order valence-corrected chi connectivity index (χ1v) is 4.15. The number of hydrogen-bond donors (Lipinski definition) is 0. The van der Waals surface area contributed by atoms with E-state index in [0.717, 1.165) is 0 Å². The van der Waals surface area contributed by atoms with E-state index < -0.39 is 0 Å². The van der Waals surface area contributed by atoms with E-state index in [4.69, 9.17) is 0 Å². The summed E-state index contributed by atoms with van der Waals surface area (Å²) in [6.07, 6.45) is 0.446. The molecule has 0 spiro atoms. The summed E-state index contributed by atoms with van der Waals surface area (Å²) in [5.74, 6) is 0.251. The molecule has 0 unspecified atom stereocenters. The number of rotatable bonds is 1. The van der Waals surface area contributed by atoms with Crippen LogP contribution in [0.25, 0.3) is 11.0 Å². The smallest absolute Gasteiger partial charge is 0.305 e. The fraction of sp³-hybridized carbons (Fsp3) is 0.222. The highest BCUT2D eigenvalue weighted by Gasteiger charge is 2.20. The van der Waals surface area contributed by atoms with Gasteiger partial charge in [-0.3, -0.25) is 0 Å². The summed E-state index contributed by atoms with van der Waals surface area (Å²) in [5, 5.41) is 23.0. The molecule has 4 nitrogen and oxygen atoms in total. The first-order chi connectivity index (χ1) is 6.25. The molecule has 0 aliphatic rings. The van der Waals surface area contributed by atoms with Crippen molar-refractivity contribution < 1.29 is 9.94 Å². The third-order valence-corrected chi connectivity index (χ3v) is 2.10. The Balaban J connectivity index is 2.88. The molecule has 1 aromatic heterocycles. The van der Waals surface area contributed by atoms with Crippen molar-refractivity contribution in [1.82, 2.24) is 4.73 Å². The van der Waals surface area contributed by atoms with E-state index in [2.05, 4.69) is 0 Å². The van der Waals surface area contributed by atoms with E-state index in [1.54, 1.807) is 31.2 Å². The summed E-state index contributed by atoms with van der Waals surface area (Å²) in [6.45, 7) is 1.79. The third-order valence-electron chi connectivity index (χ3n) is 2.10. The molecule has 0 saturated carbocycles.